The van der Waals surface area contributed by atoms with Gasteiger partial charge in [0.2, 0.25) is 0 Å². The molecule has 2 unspecified atom stereocenters. The molecule has 3 atom stereocenters. The zero-order chi connectivity index (χ0) is 17.9. The Hall–Kier alpha value is -0.980. The fourth-order valence-electron chi connectivity index (χ4n) is 3.45. The normalized spacial score (nSPS) is 27.0. The number of hydrogen-bond acceptors (Lipinski definition) is 5. The van der Waals surface area contributed by atoms with Crippen molar-refractivity contribution in [3.8, 4) is 0 Å². The summed E-state index contributed by atoms with van der Waals surface area (Å²) in [5.74, 6) is -0.831. The van der Waals surface area contributed by atoms with E-state index in [1.807, 2.05) is 13.8 Å². The number of nitrogens with two attached hydrogens (primary N) is 1. The van der Waals surface area contributed by atoms with E-state index < -0.39 is 23.3 Å². The summed E-state index contributed by atoms with van der Waals surface area (Å²) in [6, 6.07) is -0.767. The van der Waals surface area contributed by atoms with Gasteiger partial charge in [-0.25, -0.2) is 0 Å². The van der Waals surface area contributed by atoms with Crippen molar-refractivity contribution in [2.24, 2.45) is 17.1 Å². The highest BCUT2D eigenvalue weighted by Gasteiger charge is 2.50. The van der Waals surface area contributed by atoms with E-state index in [4.69, 9.17) is 15.6 Å². The highest BCUT2D eigenvalue weighted by Crippen LogP contribution is 2.47. The van der Waals surface area contributed by atoms with Gasteiger partial charge in [0.05, 0.1) is 19.1 Å². The highest BCUT2D eigenvalue weighted by molar-refractivity contribution is 5.73. The van der Waals surface area contributed by atoms with Crippen molar-refractivity contribution in [1.82, 2.24) is 5.32 Å². The summed E-state index contributed by atoms with van der Waals surface area (Å²) < 4.78 is 6.22. The number of rotatable bonds is 8. The summed E-state index contributed by atoms with van der Waals surface area (Å²) in [4.78, 5) is 22.3. The van der Waals surface area contributed by atoms with Crippen molar-refractivity contribution >= 4 is 12.3 Å². The van der Waals surface area contributed by atoms with Crippen molar-refractivity contribution < 1.29 is 19.4 Å². The molecule has 0 radical (unpaired) electrons. The molecule has 0 heterocycles. The fraction of sp³-hybridized carbons (Fsp3) is 0.882. The van der Waals surface area contributed by atoms with E-state index >= 15 is 0 Å². The third kappa shape index (κ3) is 5.86. The second-order valence-corrected chi connectivity index (χ2v) is 8.46. The first-order chi connectivity index (χ1) is 10.4. The van der Waals surface area contributed by atoms with Gasteiger partial charge in [0.1, 0.15) is 12.0 Å². The molecule has 1 saturated carbocycles. The molecule has 134 valence electrons. The lowest BCUT2D eigenvalue weighted by Crippen LogP contribution is -2.60. The maximum atomic E-state index is 11.3. The zero-order valence-corrected chi connectivity index (χ0v) is 15.0. The molecule has 23 heavy (non-hydrogen) atoms. The van der Waals surface area contributed by atoms with E-state index in [9.17, 15) is 9.59 Å². The van der Waals surface area contributed by atoms with E-state index in [1.165, 1.54) is 0 Å². The lowest BCUT2D eigenvalue weighted by molar-refractivity contribution is -0.149. The van der Waals surface area contributed by atoms with Crippen LogP contribution in [-0.4, -0.2) is 41.3 Å². The summed E-state index contributed by atoms with van der Waals surface area (Å²) in [7, 11) is 0. The maximum Gasteiger partial charge on any atom is 0.305 e. The second-order valence-electron chi connectivity index (χ2n) is 8.46. The standard InChI is InChI=1S/C17H32N2O4/c1-15(2,3)13-7-6-8-17(13,23-11-16(4,5)18)19-12(10-20)9-14(21)22/h10,12-13,19H,6-9,11,18H2,1-5H3,(H,21,22)/t12-,13?,17?/m0/s1. The summed E-state index contributed by atoms with van der Waals surface area (Å²) in [5.41, 5.74) is 4.82. The Bertz CT molecular complexity index is 425. The average molecular weight is 328 g/mol. The molecule has 0 amide bonds. The number of hydrogen-bond donors (Lipinski definition) is 3. The van der Waals surface area contributed by atoms with Crippen LogP contribution in [0.15, 0.2) is 0 Å². The number of carbonyl (C=O) groups is 2. The maximum absolute atomic E-state index is 11.3. The third-order valence-electron chi connectivity index (χ3n) is 4.34. The van der Waals surface area contributed by atoms with E-state index in [0.29, 0.717) is 12.9 Å². The van der Waals surface area contributed by atoms with E-state index in [-0.39, 0.29) is 17.8 Å². The van der Waals surface area contributed by atoms with Crippen LogP contribution in [0.25, 0.3) is 0 Å². The highest BCUT2D eigenvalue weighted by atomic mass is 16.5. The van der Waals surface area contributed by atoms with Gasteiger partial charge < -0.3 is 20.4 Å². The summed E-state index contributed by atoms with van der Waals surface area (Å²) in [6.07, 6.45) is 3.09. The molecule has 0 bridgehead atoms. The lowest BCUT2D eigenvalue weighted by Gasteiger charge is -2.45. The van der Waals surface area contributed by atoms with E-state index in [0.717, 1.165) is 19.3 Å². The number of ether oxygens (including phenoxy) is 1. The molecule has 1 rings (SSSR count). The van der Waals surface area contributed by atoms with Gasteiger partial charge >= 0.3 is 5.97 Å². The first-order valence-electron chi connectivity index (χ1n) is 8.27. The van der Waals surface area contributed by atoms with Crippen molar-refractivity contribution in [3.05, 3.63) is 0 Å². The summed E-state index contributed by atoms with van der Waals surface area (Å²) >= 11 is 0. The Labute approximate surface area is 139 Å². The smallest absolute Gasteiger partial charge is 0.305 e. The van der Waals surface area contributed by atoms with Crippen LogP contribution in [0, 0.1) is 11.3 Å². The van der Waals surface area contributed by atoms with Gasteiger partial charge in [-0.15, -0.1) is 0 Å². The Kier molecular flexibility index (Phi) is 6.35. The molecule has 0 saturated heterocycles. The van der Waals surface area contributed by atoms with Crippen LogP contribution >= 0.6 is 0 Å². The minimum Gasteiger partial charge on any atom is -0.481 e. The number of nitrogens with one attached hydrogen (secondary N) is 1. The topological polar surface area (TPSA) is 102 Å². The lowest BCUT2D eigenvalue weighted by atomic mass is 9.75. The van der Waals surface area contributed by atoms with Crippen LogP contribution in [0.1, 0.15) is 60.3 Å². The molecule has 1 fully saturated rings. The second kappa shape index (κ2) is 7.28. The molecule has 0 aromatic carbocycles. The Balaban J connectivity index is 3.05. The molecular formula is C17H32N2O4. The minimum absolute atomic E-state index is 0.0289. The van der Waals surface area contributed by atoms with Crippen molar-refractivity contribution in [1.29, 1.82) is 0 Å². The predicted molar refractivity (Wildman–Crippen MR) is 89.0 cm³/mol. The van der Waals surface area contributed by atoms with E-state index in [1.54, 1.807) is 0 Å². The number of carbonyl (C=O) groups excluding carboxylic acids is 1. The SMILES string of the molecule is CC(C)(N)COC1(N[C@H](C=O)CC(=O)O)CCCC1C(C)(C)C. The zero-order valence-electron chi connectivity index (χ0n) is 15.0. The van der Waals surface area contributed by atoms with Gasteiger partial charge in [-0.1, -0.05) is 20.8 Å². The first-order valence-corrected chi connectivity index (χ1v) is 8.27. The molecule has 6 nitrogen and oxygen atoms in total. The average Bonchev–Trinajstić information content (AvgIpc) is 2.78. The first kappa shape index (κ1) is 20.1. The van der Waals surface area contributed by atoms with E-state index in [2.05, 4.69) is 26.1 Å². The fourth-order valence-corrected chi connectivity index (χ4v) is 3.45. The molecule has 6 heteroatoms. The van der Waals surface area contributed by atoms with Crippen molar-refractivity contribution in [2.75, 3.05) is 6.61 Å². The number of carboxylic acid groups (broad SMARTS) is 1. The van der Waals surface area contributed by atoms with Crippen molar-refractivity contribution in [2.45, 2.75) is 77.6 Å². The molecule has 0 spiro atoms. The molecule has 0 aliphatic heterocycles. The molecule has 4 N–H and O–H groups in total. The van der Waals surface area contributed by atoms with Gasteiger partial charge in [0, 0.05) is 11.5 Å². The molecule has 0 aromatic rings. The Morgan fingerprint density at radius 3 is 2.48 bits per heavy atom. The van der Waals surface area contributed by atoms with Gasteiger partial charge in [-0.05, 0) is 38.5 Å². The minimum atomic E-state index is -1.01. The van der Waals surface area contributed by atoms with Gasteiger partial charge in [-0.3, -0.25) is 10.1 Å². The monoisotopic (exact) mass is 328 g/mol. The molecule has 1 aliphatic carbocycles. The summed E-state index contributed by atoms with van der Waals surface area (Å²) in [6.45, 7) is 10.5. The van der Waals surface area contributed by atoms with Crippen LogP contribution in [0.5, 0.6) is 0 Å². The van der Waals surface area contributed by atoms with Crippen LogP contribution in [0.4, 0.5) is 0 Å². The van der Waals surface area contributed by atoms with Crippen LogP contribution in [0.3, 0.4) is 0 Å². The Morgan fingerprint density at radius 1 is 1.43 bits per heavy atom. The number of aldehydes is 1. The van der Waals surface area contributed by atoms with Gasteiger partial charge in [0.25, 0.3) is 0 Å². The van der Waals surface area contributed by atoms with Crippen LogP contribution < -0.4 is 11.1 Å². The van der Waals surface area contributed by atoms with Gasteiger partial charge in [-0.2, -0.15) is 0 Å². The molecular weight excluding hydrogens is 296 g/mol. The predicted octanol–water partition coefficient (Wildman–Crippen LogP) is 1.91. The summed E-state index contributed by atoms with van der Waals surface area (Å²) in [5, 5.41) is 12.2. The van der Waals surface area contributed by atoms with Gasteiger partial charge in [0.15, 0.2) is 0 Å². The van der Waals surface area contributed by atoms with Crippen LogP contribution in [0.2, 0.25) is 0 Å². The molecule has 0 aromatic heterocycles. The van der Waals surface area contributed by atoms with Crippen molar-refractivity contribution in [3.63, 3.8) is 0 Å². The third-order valence-corrected chi connectivity index (χ3v) is 4.34. The number of carboxylic acids is 1. The quantitative estimate of drug-likeness (QED) is 0.465. The largest absolute Gasteiger partial charge is 0.481 e. The van der Waals surface area contributed by atoms with Crippen LogP contribution in [-0.2, 0) is 14.3 Å². The molecule has 1 aliphatic rings. The Morgan fingerprint density at radius 2 is 2.04 bits per heavy atom. The number of aliphatic carboxylic acids is 1.